The van der Waals surface area contributed by atoms with Gasteiger partial charge in [-0.2, -0.15) is 0 Å². The Bertz CT molecular complexity index is 448. The van der Waals surface area contributed by atoms with E-state index in [4.69, 9.17) is 5.73 Å². The zero-order valence-corrected chi connectivity index (χ0v) is 10.8. The standard InChI is InChI=1S/C12H14N2S2/c1-2-10-4-5-11(16-10)8-15-12-6-3-9(13)7-14-12/h3-7H,2,8,13H2,1H3. The third-order valence-electron chi connectivity index (χ3n) is 2.19. The minimum atomic E-state index is 0.716. The average molecular weight is 250 g/mol. The van der Waals surface area contributed by atoms with Gasteiger partial charge in [0.2, 0.25) is 0 Å². The van der Waals surface area contributed by atoms with Crippen molar-refractivity contribution in [1.82, 2.24) is 4.98 Å². The molecule has 0 saturated heterocycles. The van der Waals surface area contributed by atoms with Crippen molar-refractivity contribution in [1.29, 1.82) is 0 Å². The number of aryl methyl sites for hydroxylation is 1. The monoisotopic (exact) mass is 250 g/mol. The number of pyridine rings is 1. The Hall–Kier alpha value is -1.00. The van der Waals surface area contributed by atoms with Crippen LogP contribution in [0, 0.1) is 0 Å². The molecular formula is C12H14N2S2. The molecule has 2 nitrogen and oxygen atoms in total. The molecule has 2 heterocycles. The third kappa shape index (κ3) is 3.00. The molecule has 0 aliphatic rings. The summed E-state index contributed by atoms with van der Waals surface area (Å²) in [6, 6.07) is 8.26. The Morgan fingerprint density at radius 3 is 2.69 bits per heavy atom. The maximum Gasteiger partial charge on any atom is 0.0964 e. The first-order valence-electron chi connectivity index (χ1n) is 5.20. The van der Waals surface area contributed by atoms with Crippen LogP contribution in [0.25, 0.3) is 0 Å². The number of hydrogen-bond donors (Lipinski definition) is 1. The van der Waals surface area contributed by atoms with Crippen LogP contribution >= 0.6 is 23.1 Å². The van der Waals surface area contributed by atoms with Gasteiger partial charge in [0.05, 0.1) is 16.9 Å². The first-order valence-corrected chi connectivity index (χ1v) is 7.00. The molecule has 0 atom stereocenters. The first kappa shape index (κ1) is 11.5. The van der Waals surface area contributed by atoms with Gasteiger partial charge in [0, 0.05) is 15.5 Å². The number of anilines is 1. The number of nitrogens with zero attached hydrogens (tertiary/aromatic N) is 1. The zero-order valence-electron chi connectivity index (χ0n) is 9.14. The Kier molecular flexibility index (Phi) is 3.85. The molecule has 0 unspecified atom stereocenters. The molecule has 0 fully saturated rings. The summed E-state index contributed by atoms with van der Waals surface area (Å²) in [6.45, 7) is 2.18. The number of thioether (sulfide) groups is 1. The fourth-order valence-electron chi connectivity index (χ4n) is 1.31. The van der Waals surface area contributed by atoms with Crippen LogP contribution in [0.2, 0.25) is 0 Å². The fraction of sp³-hybridized carbons (Fsp3) is 0.250. The number of hydrogen-bond acceptors (Lipinski definition) is 4. The molecule has 16 heavy (non-hydrogen) atoms. The van der Waals surface area contributed by atoms with Crippen molar-refractivity contribution < 1.29 is 0 Å². The molecule has 2 N–H and O–H groups in total. The van der Waals surface area contributed by atoms with Crippen molar-refractivity contribution in [2.24, 2.45) is 0 Å². The van der Waals surface area contributed by atoms with Crippen LogP contribution in [-0.2, 0) is 12.2 Å². The second-order valence-electron chi connectivity index (χ2n) is 3.44. The van der Waals surface area contributed by atoms with Gasteiger partial charge in [0.1, 0.15) is 0 Å². The van der Waals surface area contributed by atoms with E-state index in [0.29, 0.717) is 5.69 Å². The first-order chi connectivity index (χ1) is 7.78. The summed E-state index contributed by atoms with van der Waals surface area (Å²) >= 11 is 3.63. The van der Waals surface area contributed by atoms with Crippen LogP contribution in [0.5, 0.6) is 0 Å². The number of nitrogen functional groups attached to an aromatic ring is 1. The molecule has 2 aromatic heterocycles. The van der Waals surface area contributed by atoms with E-state index < -0.39 is 0 Å². The molecule has 0 aliphatic carbocycles. The van der Waals surface area contributed by atoms with E-state index in [2.05, 4.69) is 24.0 Å². The highest BCUT2D eigenvalue weighted by Gasteiger charge is 2.00. The molecule has 2 aromatic rings. The van der Waals surface area contributed by atoms with E-state index in [-0.39, 0.29) is 0 Å². The van der Waals surface area contributed by atoms with Gasteiger partial charge in [0.15, 0.2) is 0 Å². The fourth-order valence-corrected chi connectivity index (χ4v) is 3.16. The van der Waals surface area contributed by atoms with Gasteiger partial charge in [-0.25, -0.2) is 4.98 Å². The van der Waals surface area contributed by atoms with Crippen LogP contribution in [0.3, 0.4) is 0 Å². The van der Waals surface area contributed by atoms with Crippen molar-refractivity contribution in [3.8, 4) is 0 Å². The Labute approximate surface area is 104 Å². The summed E-state index contributed by atoms with van der Waals surface area (Å²) < 4.78 is 0. The molecule has 4 heteroatoms. The van der Waals surface area contributed by atoms with Gasteiger partial charge < -0.3 is 5.73 Å². The van der Waals surface area contributed by atoms with Crippen molar-refractivity contribution in [3.05, 3.63) is 40.2 Å². The van der Waals surface area contributed by atoms with Gasteiger partial charge in [-0.15, -0.1) is 23.1 Å². The summed E-state index contributed by atoms with van der Waals surface area (Å²) in [5.74, 6) is 0.988. The zero-order chi connectivity index (χ0) is 11.4. The third-order valence-corrected chi connectivity index (χ3v) is 4.59. The summed E-state index contributed by atoms with van der Waals surface area (Å²) in [5, 5.41) is 1.03. The van der Waals surface area contributed by atoms with Crippen LogP contribution in [0.15, 0.2) is 35.5 Å². The predicted octanol–water partition coefficient (Wildman–Crippen LogP) is 3.58. The minimum Gasteiger partial charge on any atom is -0.397 e. The highest BCUT2D eigenvalue weighted by molar-refractivity contribution is 7.98. The second kappa shape index (κ2) is 5.37. The molecule has 0 aliphatic heterocycles. The molecule has 84 valence electrons. The normalized spacial score (nSPS) is 10.6. The maximum atomic E-state index is 5.59. The van der Waals surface area contributed by atoms with Crippen LogP contribution < -0.4 is 5.73 Å². The molecule has 0 amide bonds. The number of rotatable bonds is 4. The Morgan fingerprint density at radius 2 is 2.06 bits per heavy atom. The molecule has 0 saturated carbocycles. The van der Waals surface area contributed by atoms with E-state index in [1.54, 1.807) is 18.0 Å². The Balaban J connectivity index is 1.94. The van der Waals surface area contributed by atoms with Crippen molar-refractivity contribution in [3.63, 3.8) is 0 Å². The van der Waals surface area contributed by atoms with Crippen LogP contribution in [0.4, 0.5) is 5.69 Å². The second-order valence-corrected chi connectivity index (χ2v) is 5.69. The summed E-state index contributed by atoms with van der Waals surface area (Å²) in [7, 11) is 0. The topological polar surface area (TPSA) is 38.9 Å². The molecule has 0 aromatic carbocycles. The predicted molar refractivity (Wildman–Crippen MR) is 71.9 cm³/mol. The van der Waals surface area contributed by atoms with E-state index in [0.717, 1.165) is 17.2 Å². The van der Waals surface area contributed by atoms with Crippen molar-refractivity contribution in [2.75, 3.05) is 5.73 Å². The molecule has 0 radical (unpaired) electrons. The lowest BCUT2D eigenvalue weighted by Crippen LogP contribution is -1.86. The minimum absolute atomic E-state index is 0.716. The lowest BCUT2D eigenvalue weighted by Gasteiger charge is -1.99. The van der Waals surface area contributed by atoms with Gasteiger partial charge >= 0.3 is 0 Å². The SMILES string of the molecule is CCc1ccc(CSc2ccc(N)cn2)s1. The van der Waals surface area contributed by atoms with E-state index in [9.17, 15) is 0 Å². The number of nitrogens with two attached hydrogens (primary N) is 1. The quantitative estimate of drug-likeness (QED) is 0.843. The molecule has 0 spiro atoms. The highest BCUT2D eigenvalue weighted by Crippen LogP contribution is 2.26. The smallest absolute Gasteiger partial charge is 0.0964 e. The Morgan fingerprint density at radius 1 is 1.25 bits per heavy atom. The maximum absolute atomic E-state index is 5.59. The van der Waals surface area contributed by atoms with Crippen LogP contribution in [0.1, 0.15) is 16.7 Å². The highest BCUT2D eigenvalue weighted by atomic mass is 32.2. The molecular weight excluding hydrogens is 236 g/mol. The summed E-state index contributed by atoms with van der Waals surface area (Å²) in [6.07, 6.45) is 2.82. The summed E-state index contributed by atoms with van der Waals surface area (Å²) in [4.78, 5) is 7.11. The van der Waals surface area contributed by atoms with Crippen molar-refractivity contribution >= 4 is 28.8 Å². The van der Waals surface area contributed by atoms with E-state index in [1.807, 2.05) is 23.5 Å². The van der Waals surface area contributed by atoms with Gasteiger partial charge in [-0.05, 0) is 30.7 Å². The number of aromatic nitrogens is 1. The summed E-state index contributed by atoms with van der Waals surface area (Å²) in [5.41, 5.74) is 6.30. The lowest BCUT2D eigenvalue weighted by atomic mass is 10.4. The average Bonchev–Trinajstić information content (AvgIpc) is 2.76. The van der Waals surface area contributed by atoms with Gasteiger partial charge in [0.25, 0.3) is 0 Å². The van der Waals surface area contributed by atoms with Gasteiger partial charge in [-0.3, -0.25) is 0 Å². The largest absolute Gasteiger partial charge is 0.397 e. The van der Waals surface area contributed by atoms with Crippen molar-refractivity contribution in [2.45, 2.75) is 24.1 Å². The molecule has 2 rings (SSSR count). The number of thiophene rings is 1. The van der Waals surface area contributed by atoms with E-state index in [1.165, 1.54) is 9.75 Å². The van der Waals surface area contributed by atoms with Gasteiger partial charge in [-0.1, -0.05) is 6.92 Å². The molecule has 0 bridgehead atoms. The van der Waals surface area contributed by atoms with E-state index >= 15 is 0 Å². The van der Waals surface area contributed by atoms with Crippen LogP contribution in [-0.4, -0.2) is 4.98 Å². The lowest BCUT2D eigenvalue weighted by molar-refractivity contribution is 1.14.